The molecule has 2 amide bonds. The van der Waals surface area contributed by atoms with Gasteiger partial charge in [-0.3, -0.25) is 9.59 Å². The lowest BCUT2D eigenvalue weighted by Gasteiger charge is -2.51. The minimum absolute atomic E-state index is 0.732. The van der Waals surface area contributed by atoms with E-state index in [-0.39, 0.29) is 0 Å². The molecule has 27 heteroatoms. The molecule has 0 aromatic heterocycles. The lowest BCUT2D eigenvalue weighted by molar-refractivity contribution is -0.375. The van der Waals surface area contributed by atoms with Gasteiger partial charge in [0, 0.05) is 13.8 Å². The number of carbonyl (C=O) groups excluding carboxylic acids is 2. The molecular weight excluding hydrogens is 836 g/mol. The molecule has 0 unspecified atom stereocenters. The van der Waals surface area contributed by atoms with E-state index in [1.54, 1.807) is 0 Å². The first-order chi connectivity index (χ1) is 28.7. The second kappa shape index (κ2) is 21.3. The summed E-state index contributed by atoms with van der Waals surface area (Å²) < 4.78 is 51.4. The zero-order chi connectivity index (χ0) is 45.2. The Hall–Kier alpha value is -1.98. The maximum atomic E-state index is 12.5. The lowest BCUT2D eigenvalue weighted by Crippen LogP contribution is -2.71. The number of hydrogen-bond donors (Lipinski definition) is 16. The third-order valence-corrected chi connectivity index (χ3v) is 11.1. The van der Waals surface area contributed by atoms with Gasteiger partial charge >= 0.3 is 0 Å². The van der Waals surface area contributed by atoms with E-state index in [2.05, 4.69) is 10.6 Å². The molecule has 0 aromatic carbocycles. The Morgan fingerprint density at radius 1 is 0.459 bits per heavy atom. The molecule has 16 N–H and O–H groups in total. The van der Waals surface area contributed by atoms with Gasteiger partial charge in [0.1, 0.15) is 116 Å². The molecular formula is C34H58N2O25. The Kier molecular flexibility index (Phi) is 17.5. The Balaban J connectivity index is 1.37. The normalized spacial score (nSPS) is 49.6. The molecule has 0 aromatic rings. The molecule has 0 bridgehead atoms. The van der Waals surface area contributed by atoms with Crippen LogP contribution in [0.5, 0.6) is 0 Å². The third-order valence-electron chi connectivity index (χ3n) is 11.1. The summed E-state index contributed by atoms with van der Waals surface area (Å²) in [4.78, 5) is 24.8. The number of aliphatic hydroxyl groups excluding tert-OH is 14. The van der Waals surface area contributed by atoms with Gasteiger partial charge in [0.25, 0.3) is 0 Å². The van der Waals surface area contributed by atoms with Crippen molar-refractivity contribution in [3.63, 3.8) is 0 Å². The fraction of sp³-hybridized carbons (Fsp3) is 0.941. The quantitative estimate of drug-likeness (QED) is 0.0770. The van der Waals surface area contributed by atoms with Crippen molar-refractivity contribution < 1.29 is 124 Å². The number of rotatable bonds is 14. The molecule has 5 rings (SSSR count). The molecule has 0 spiro atoms. The SMILES string of the molecule is CC(=O)N[C@@H]1[C@@H](O[C@H]2O[C@H](C)[C@H](O)[C@H](O)[C@H]2O)[C@H](O[C@@H]2O[C@H](CO)[C@@H](O[C@@H]3O[C@H](CO[C@H]4O[C@H](CO)[C@@H](O)[C@H](O)[C@@H]4O)[C@@H](O)[C@H](O)[C@@H]3O)[C@H](O)[C@H]2NC(C)=O)[C@@H](CO)O[C@H]1O. The lowest BCUT2D eigenvalue weighted by atomic mass is 9.93. The van der Waals surface area contributed by atoms with E-state index < -0.39 is 192 Å². The maximum absolute atomic E-state index is 12.5. The van der Waals surface area contributed by atoms with Crippen molar-refractivity contribution in [1.82, 2.24) is 10.6 Å². The number of nitrogens with one attached hydrogen (secondary N) is 2. The number of hydrogen-bond acceptors (Lipinski definition) is 25. The van der Waals surface area contributed by atoms with Crippen LogP contribution >= 0.6 is 0 Å². The number of carbonyl (C=O) groups is 2. The molecule has 5 aliphatic heterocycles. The Labute approximate surface area is 346 Å². The molecule has 0 radical (unpaired) electrons. The average Bonchev–Trinajstić information content (AvgIpc) is 3.22. The summed E-state index contributed by atoms with van der Waals surface area (Å²) in [6.45, 7) is 0.0602. The molecule has 5 aliphatic rings. The van der Waals surface area contributed by atoms with Crippen molar-refractivity contribution in [1.29, 1.82) is 0 Å². The molecule has 0 aliphatic carbocycles. The summed E-state index contributed by atoms with van der Waals surface area (Å²) in [6, 6.07) is -3.26. The molecule has 0 saturated carbocycles. The fourth-order valence-corrected chi connectivity index (χ4v) is 7.67. The zero-order valence-electron chi connectivity index (χ0n) is 33.0. The van der Waals surface area contributed by atoms with Crippen LogP contribution < -0.4 is 10.6 Å². The Morgan fingerprint density at radius 3 is 1.48 bits per heavy atom. The van der Waals surface area contributed by atoms with Gasteiger partial charge in [0.05, 0.1) is 32.5 Å². The van der Waals surface area contributed by atoms with Crippen molar-refractivity contribution in [3.8, 4) is 0 Å². The van der Waals surface area contributed by atoms with Crippen LogP contribution in [0.1, 0.15) is 20.8 Å². The van der Waals surface area contributed by atoms with Crippen molar-refractivity contribution in [3.05, 3.63) is 0 Å². The summed E-state index contributed by atoms with van der Waals surface area (Å²) in [5.41, 5.74) is 0. The van der Waals surface area contributed by atoms with Gasteiger partial charge < -0.3 is 125 Å². The van der Waals surface area contributed by atoms with Crippen LogP contribution in [-0.4, -0.2) is 263 Å². The van der Waals surface area contributed by atoms with Crippen LogP contribution in [0.4, 0.5) is 0 Å². The van der Waals surface area contributed by atoms with Crippen molar-refractivity contribution in [2.45, 2.75) is 174 Å². The van der Waals surface area contributed by atoms with Crippen LogP contribution in [-0.2, 0) is 52.2 Å². The highest BCUT2D eigenvalue weighted by molar-refractivity contribution is 5.73. The Morgan fingerprint density at radius 2 is 0.902 bits per heavy atom. The van der Waals surface area contributed by atoms with Gasteiger partial charge in [-0.05, 0) is 6.92 Å². The van der Waals surface area contributed by atoms with Crippen LogP contribution in [0.15, 0.2) is 0 Å². The van der Waals surface area contributed by atoms with E-state index in [1.807, 2.05) is 0 Å². The fourth-order valence-electron chi connectivity index (χ4n) is 7.67. The first-order valence-electron chi connectivity index (χ1n) is 19.4. The van der Waals surface area contributed by atoms with E-state index in [9.17, 15) is 81.1 Å². The topological polar surface area (TPSA) is 424 Å². The molecule has 5 saturated heterocycles. The average molecular weight is 895 g/mol. The van der Waals surface area contributed by atoms with Crippen molar-refractivity contribution in [2.75, 3.05) is 26.4 Å². The van der Waals surface area contributed by atoms with E-state index in [0.29, 0.717) is 0 Å². The zero-order valence-corrected chi connectivity index (χ0v) is 33.0. The first-order valence-corrected chi connectivity index (χ1v) is 19.4. The molecule has 5 fully saturated rings. The van der Waals surface area contributed by atoms with Gasteiger partial charge in [-0.25, -0.2) is 0 Å². The maximum Gasteiger partial charge on any atom is 0.217 e. The molecule has 5 heterocycles. The van der Waals surface area contributed by atoms with Crippen LogP contribution in [0.2, 0.25) is 0 Å². The van der Waals surface area contributed by atoms with Crippen molar-refractivity contribution in [2.24, 2.45) is 0 Å². The minimum atomic E-state index is -2.06. The van der Waals surface area contributed by atoms with Crippen LogP contribution in [0, 0.1) is 0 Å². The minimum Gasteiger partial charge on any atom is -0.394 e. The van der Waals surface area contributed by atoms with Gasteiger partial charge in [-0.2, -0.15) is 0 Å². The van der Waals surface area contributed by atoms with E-state index in [1.165, 1.54) is 6.92 Å². The first kappa shape index (κ1) is 50.0. The summed E-state index contributed by atoms with van der Waals surface area (Å²) in [6.07, 6.45) is -40.2. The summed E-state index contributed by atoms with van der Waals surface area (Å²) in [5.74, 6) is -1.52. The molecule has 27 nitrogen and oxygen atoms in total. The largest absolute Gasteiger partial charge is 0.394 e. The smallest absolute Gasteiger partial charge is 0.217 e. The van der Waals surface area contributed by atoms with Crippen LogP contribution in [0.3, 0.4) is 0 Å². The predicted molar refractivity (Wildman–Crippen MR) is 188 cm³/mol. The molecule has 354 valence electrons. The summed E-state index contributed by atoms with van der Waals surface area (Å²) in [7, 11) is 0. The van der Waals surface area contributed by atoms with E-state index in [4.69, 9.17) is 42.6 Å². The van der Waals surface area contributed by atoms with Crippen LogP contribution in [0.25, 0.3) is 0 Å². The number of amides is 2. The van der Waals surface area contributed by atoms with E-state index >= 15 is 0 Å². The van der Waals surface area contributed by atoms with Gasteiger partial charge in [0.15, 0.2) is 31.5 Å². The predicted octanol–water partition coefficient (Wildman–Crippen LogP) is -10.6. The standard InChI is InChI=1S/C34H58N2O25/c1-8-17(42)21(46)25(50)33(54-8)61-29-16(36-10(3)41)30(52)55-13(6-39)28(29)60-31-15(35-9(2)40)20(45)27(12(5-38)57-31)59-34-26(51)23(48)19(44)14(58-34)7-53-32-24(49)22(47)18(43)11(4-37)56-32/h8,11-34,37-39,42-52H,4-7H2,1-3H3,(H,35,40)(H,36,41)/t8-,11-,12-,13-,14-,15-,16-,17+,18-,19-,20-,21+,22+,23+,24+,25-,26+,27-,28-,29-,30-,31+,32+,33-,34+/m1/s1. The second-order valence-electron chi connectivity index (χ2n) is 15.4. The monoisotopic (exact) mass is 894 g/mol. The number of ether oxygens (including phenoxy) is 9. The summed E-state index contributed by atoms with van der Waals surface area (Å²) in [5, 5.41) is 152. The highest BCUT2D eigenvalue weighted by atomic mass is 16.8. The highest BCUT2D eigenvalue weighted by Crippen LogP contribution is 2.35. The Bertz CT molecular complexity index is 1420. The van der Waals surface area contributed by atoms with Gasteiger partial charge in [-0.1, -0.05) is 0 Å². The third kappa shape index (κ3) is 10.9. The van der Waals surface area contributed by atoms with Gasteiger partial charge in [0.2, 0.25) is 11.8 Å². The second-order valence-corrected chi connectivity index (χ2v) is 15.4. The molecule has 61 heavy (non-hydrogen) atoms. The van der Waals surface area contributed by atoms with Gasteiger partial charge in [-0.15, -0.1) is 0 Å². The molecule has 25 atom stereocenters. The van der Waals surface area contributed by atoms with E-state index in [0.717, 1.165) is 13.8 Å². The summed E-state index contributed by atoms with van der Waals surface area (Å²) >= 11 is 0. The highest BCUT2D eigenvalue weighted by Gasteiger charge is 2.56. The van der Waals surface area contributed by atoms with Crippen molar-refractivity contribution >= 4 is 11.8 Å². The number of aliphatic hydroxyl groups is 14.